The van der Waals surface area contributed by atoms with Gasteiger partial charge in [-0.1, -0.05) is 0 Å². The number of amides is 6. The predicted octanol–water partition coefficient (Wildman–Crippen LogP) is 2.42. The van der Waals surface area contributed by atoms with Crippen molar-refractivity contribution in [3.63, 3.8) is 0 Å². The average Bonchev–Trinajstić information content (AvgIpc) is 3.00. The molecule has 0 aromatic heterocycles. The van der Waals surface area contributed by atoms with Crippen LogP contribution in [0.3, 0.4) is 0 Å². The van der Waals surface area contributed by atoms with Gasteiger partial charge in [0.15, 0.2) is 0 Å². The second kappa shape index (κ2) is 17.5. The Labute approximate surface area is 304 Å². The van der Waals surface area contributed by atoms with Crippen LogP contribution in [0.2, 0.25) is 0 Å². The number of ether oxygens (including phenoxy) is 2. The number of methoxy groups -OCH3 is 1. The normalized spacial score (nSPS) is 12.9. The molecule has 51 heavy (non-hydrogen) atoms. The van der Waals surface area contributed by atoms with E-state index in [1.54, 1.807) is 104 Å². The first-order valence-corrected chi connectivity index (χ1v) is 17.2. The van der Waals surface area contributed by atoms with Crippen LogP contribution in [0.15, 0.2) is 0 Å². The summed E-state index contributed by atoms with van der Waals surface area (Å²) >= 11 is 0. The summed E-state index contributed by atoms with van der Waals surface area (Å²) in [6.45, 7) is 25.2. The van der Waals surface area contributed by atoms with E-state index in [4.69, 9.17) is 9.47 Å². The molecule has 0 saturated heterocycles. The molecule has 0 aromatic carbocycles. The van der Waals surface area contributed by atoms with Crippen LogP contribution < -0.4 is 31.9 Å². The summed E-state index contributed by atoms with van der Waals surface area (Å²) in [7, 11) is 1.28. The Bertz CT molecular complexity index is 1290. The lowest BCUT2D eigenvalue weighted by molar-refractivity contribution is -0.151. The summed E-state index contributed by atoms with van der Waals surface area (Å²) in [6, 6.07) is 0. The summed E-state index contributed by atoms with van der Waals surface area (Å²) in [6.07, 6.45) is -0.637. The molecule has 0 rings (SSSR count). The van der Waals surface area contributed by atoms with Gasteiger partial charge in [-0.05, 0) is 104 Å². The zero-order valence-electron chi connectivity index (χ0n) is 33.9. The number of nitrogens with one attached hydrogen (secondary N) is 6. The smallest absolute Gasteiger partial charge is 0.407 e. The minimum Gasteiger partial charge on any atom is -0.469 e. The van der Waals surface area contributed by atoms with Crippen molar-refractivity contribution in [1.29, 1.82) is 0 Å². The Kier molecular flexibility index (Phi) is 16.2. The van der Waals surface area contributed by atoms with Crippen LogP contribution in [0, 0.1) is 32.5 Å². The number of hydrogen-bond acceptors (Lipinski definition) is 9. The van der Waals surface area contributed by atoms with Gasteiger partial charge in [0.2, 0.25) is 29.5 Å². The summed E-state index contributed by atoms with van der Waals surface area (Å²) in [5.41, 5.74) is -6.68. The first-order chi connectivity index (χ1) is 22.7. The zero-order valence-corrected chi connectivity index (χ0v) is 33.9. The SMILES string of the molecule is COC(=O)C(C)(C)CNC(=O)C(C)(C)CNC(=O)C(C)(C)CNC(=O)C(C)(C)CNC(=O)C(C)(C)CNC(=O)C(C)(C)CNC(=O)OC(C)(C)C. The maximum atomic E-state index is 13.2. The van der Waals surface area contributed by atoms with Gasteiger partial charge < -0.3 is 41.4 Å². The Hall–Kier alpha value is -3.91. The highest BCUT2D eigenvalue weighted by atomic mass is 16.6. The molecule has 0 unspecified atom stereocenters. The second-order valence-corrected chi connectivity index (χ2v) is 18.1. The van der Waals surface area contributed by atoms with Gasteiger partial charge in [0, 0.05) is 39.3 Å². The number of carbonyl (C=O) groups excluding carboxylic acids is 7. The van der Waals surface area contributed by atoms with E-state index in [9.17, 15) is 33.6 Å². The van der Waals surface area contributed by atoms with Crippen LogP contribution in [0.4, 0.5) is 4.79 Å². The van der Waals surface area contributed by atoms with Gasteiger partial charge in [-0.3, -0.25) is 28.8 Å². The highest BCUT2D eigenvalue weighted by Gasteiger charge is 2.38. The number of esters is 1. The van der Waals surface area contributed by atoms with E-state index in [0.29, 0.717) is 0 Å². The maximum absolute atomic E-state index is 13.2. The van der Waals surface area contributed by atoms with Crippen LogP contribution >= 0.6 is 0 Å². The van der Waals surface area contributed by atoms with Gasteiger partial charge >= 0.3 is 12.1 Å². The predicted molar refractivity (Wildman–Crippen MR) is 194 cm³/mol. The van der Waals surface area contributed by atoms with Crippen molar-refractivity contribution < 1.29 is 43.0 Å². The number of rotatable bonds is 18. The van der Waals surface area contributed by atoms with Gasteiger partial charge in [0.25, 0.3) is 0 Å². The Morgan fingerprint density at radius 1 is 0.373 bits per heavy atom. The monoisotopic (exact) mass is 726 g/mol. The van der Waals surface area contributed by atoms with Gasteiger partial charge in [0.05, 0.1) is 39.6 Å². The van der Waals surface area contributed by atoms with Gasteiger partial charge in [-0.25, -0.2) is 4.79 Å². The largest absolute Gasteiger partial charge is 0.469 e. The van der Waals surface area contributed by atoms with E-state index in [-0.39, 0.29) is 68.8 Å². The fourth-order valence-electron chi connectivity index (χ4n) is 4.06. The van der Waals surface area contributed by atoms with Crippen molar-refractivity contribution in [2.45, 2.75) is 109 Å². The fourth-order valence-corrected chi connectivity index (χ4v) is 4.06. The van der Waals surface area contributed by atoms with Crippen LogP contribution in [-0.4, -0.2) is 93.6 Å². The maximum Gasteiger partial charge on any atom is 0.407 e. The van der Waals surface area contributed by atoms with Gasteiger partial charge in [0.1, 0.15) is 5.60 Å². The summed E-state index contributed by atoms with van der Waals surface area (Å²) in [5, 5.41) is 16.5. The van der Waals surface area contributed by atoms with Gasteiger partial charge in [-0.15, -0.1) is 0 Å². The molecule has 15 heteroatoms. The Balaban J connectivity index is 5.02. The van der Waals surface area contributed by atoms with E-state index in [2.05, 4.69) is 31.9 Å². The molecular weight excluding hydrogens is 660 g/mol. The highest BCUT2D eigenvalue weighted by molar-refractivity contribution is 5.88. The van der Waals surface area contributed by atoms with E-state index in [1.807, 2.05) is 0 Å². The summed E-state index contributed by atoms with van der Waals surface area (Å²) < 4.78 is 9.99. The number of carbonyl (C=O) groups is 7. The zero-order chi connectivity index (χ0) is 40.4. The molecule has 0 spiro atoms. The van der Waals surface area contributed by atoms with Crippen molar-refractivity contribution in [2.24, 2.45) is 32.5 Å². The highest BCUT2D eigenvalue weighted by Crippen LogP contribution is 2.22. The molecule has 294 valence electrons. The Morgan fingerprint density at radius 3 is 0.804 bits per heavy atom. The lowest BCUT2D eigenvalue weighted by atomic mass is 9.87. The van der Waals surface area contributed by atoms with E-state index < -0.39 is 50.2 Å². The molecule has 0 atom stereocenters. The standard InChI is InChI=1S/C36H66N6O9/c1-30(2,3)51-29(49)42-21-35(12,13)27(47)40-19-33(8,9)25(45)38-17-31(4,5)23(43)37-18-32(6,7)24(44)39-20-34(10,11)26(46)41-22-36(14,15)28(48)50-16/h17-22H2,1-16H3,(H,37,43)(H,38,45)(H,39,44)(H,40,47)(H,41,46)(H,42,49). The molecule has 6 amide bonds. The van der Waals surface area contributed by atoms with Crippen molar-refractivity contribution >= 4 is 41.6 Å². The third-order valence-electron chi connectivity index (χ3n) is 8.34. The average molecular weight is 727 g/mol. The van der Waals surface area contributed by atoms with Crippen LogP contribution in [0.1, 0.15) is 104 Å². The van der Waals surface area contributed by atoms with E-state index in [0.717, 1.165) is 0 Å². The molecule has 0 aliphatic rings. The molecule has 0 aliphatic carbocycles. The summed E-state index contributed by atoms with van der Waals surface area (Å²) in [4.78, 5) is 89.0. The molecular formula is C36H66N6O9. The van der Waals surface area contributed by atoms with E-state index >= 15 is 0 Å². The van der Waals surface area contributed by atoms with Gasteiger partial charge in [-0.2, -0.15) is 0 Å². The minimum absolute atomic E-state index is 0.00734. The Morgan fingerprint density at radius 2 is 0.588 bits per heavy atom. The summed E-state index contributed by atoms with van der Waals surface area (Å²) in [5.74, 6) is -2.32. The molecule has 0 fully saturated rings. The lowest BCUT2D eigenvalue weighted by Gasteiger charge is -2.32. The van der Waals surface area contributed by atoms with Crippen LogP contribution in [0.5, 0.6) is 0 Å². The lowest BCUT2D eigenvalue weighted by Crippen LogP contribution is -2.54. The van der Waals surface area contributed by atoms with Crippen LogP contribution in [-0.2, 0) is 38.2 Å². The van der Waals surface area contributed by atoms with Crippen molar-refractivity contribution in [3.8, 4) is 0 Å². The van der Waals surface area contributed by atoms with Crippen molar-refractivity contribution in [1.82, 2.24) is 31.9 Å². The van der Waals surface area contributed by atoms with Crippen LogP contribution in [0.25, 0.3) is 0 Å². The topological polar surface area (TPSA) is 210 Å². The fraction of sp³-hybridized carbons (Fsp3) is 0.806. The number of hydrogen-bond donors (Lipinski definition) is 6. The second-order valence-electron chi connectivity index (χ2n) is 18.1. The quantitative estimate of drug-likeness (QED) is 0.114. The first-order valence-electron chi connectivity index (χ1n) is 17.2. The number of alkyl carbamates (subject to hydrolysis) is 1. The minimum atomic E-state index is -1.05. The van der Waals surface area contributed by atoms with Crippen molar-refractivity contribution in [3.05, 3.63) is 0 Å². The molecule has 0 aromatic rings. The third-order valence-corrected chi connectivity index (χ3v) is 8.34. The van der Waals surface area contributed by atoms with E-state index in [1.165, 1.54) is 7.11 Å². The molecule has 0 heterocycles. The molecule has 0 bridgehead atoms. The molecule has 0 aliphatic heterocycles. The molecule has 0 radical (unpaired) electrons. The van der Waals surface area contributed by atoms with Crippen molar-refractivity contribution in [2.75, 3.05) is 46.4 Å². The molecule has 0 saturated carbocycles. The third kappa shape index (κ3) is 15.9. The molecule has 15 nitrogen and oxygen atoms in total. The first kappa shape index (κ1) is 47.1. The molecule has 6 N–H and O–H groups in total.